The van der Waals surface area contributed by atoms with Gasteiger partial charge in [-0.05, 0) is 78.2 Å². The molecule has 0 atom stereocenters. The van der Waals surface area contributed by atoms with E-state index in [0.717, 1.165) is 38.8 Å². The van der Waals surface area contributed by atoms with Crippen molar-refractivity contribution in [3.63, 3.8) is 0 Å². The summed E-state index contributed by atoms with van der Waals surface area (Å²) in [5, 5.41) is 10.2. The standard InChI is InChI=1S/C40H36N4O5S/c1-3-47-38-23-30(15-21-36(38)48-25-28-10-6-4-7-11-28)26-49-35-20-14-29(22-37(35)46-2)24-41-44-39(45)32-18-16-31(17-19-32)34-27-50-40(43-34)42-33-12-8-5-9-13-33/h4-24,27H,3,25-26H2,1-2H3,(H,42,43)(H,44,45)/b41-24+. The number of hydrazone groups is 1. The van der Waals surface area contributed by atoms with Crippen LogP contribution in [-0.4, -0.2) is 30.8 Å². The third-order valence-electron chi connectivity index (χ3n) is 7.48. The number of carbonyl (C=O) groups excluding carboxylic acids is 1. The van der Waals surface area contributed by atoms with Gasteiger partial charge in [-0.2, -0.15) is 5.10 Å². The van der Waals surface area contributed by atoms with E-state index >= 15 is 0 Å². The monoisotopic (exact) mass is 684 g/mol. The number of benzene rings is 5. The lowest BCUT2D eigenvalue weighted by Gasteiger charge is -2.15. The third-order valence-corrected chi connectivity index (χ3v) is 8.24. The predicted molar refractivity (Wildman–Crippen MR) is 198 cm³/mol. The first-order chi connectivity index (χ1) is 24.6. The van der Waals surface area contributed by atoms with Gasteiger partial charge in [-0.1, -0.05) is 66.7 Å². The summed E-state index contributed by atoms with van der Waals surface area (Å²) in [4.78, 5) is 17.4. The smallest absolute Gasteiger partial charge is 0.271 e. The molecule has 0 saturated carbocycles. The molecule has 5 aromatic carbocycles. The number of anilines is 2. The summed E-state index contributed by atoms with van der Waals surface area (Å²) >= 11 is 1.52. The number of thiazole rings is 1. The van der Waals surface area contributed by atoms with Crippen LogP contribution >= 0.6 is 11.3 Å². The van der Waals surface area contributed by atoms with Gasteiger partial charge in [0.25, 0.3) is 5.91 Å². The van der Waals surface area contributed by atoms with Gasteiger partial charge in [0, 0.05) is 22.2 Å². The van der Waals surface area contributed by atoms with Crippen molar-refractivity contribution in [1.29, 1.82) is 0 Å². The molecule has 2 N–H and O–H groups in total. The van der Waals surface area contributed by atoms with Crippen LogP contribution in [0.1, 0.15) is 34.0 Å². The quantitative estimate of drug-likeness (QED) is 0.0823. The Labute approximate surface area is 295 Å². The molecular formula is C40H36N4O5S. The highest BCUT2D eigenvalue weighted by molar-refractivity contribution is 7.14. The lowest BCUT2D eigenvalue weighted by Crippen LogP contribution is -2.17. The SMILES string of the molecule is CCOc1cc(COc2ccc(/C=N/NC(=O)c3ccc(-c4csc(Nc5ccccc5)n4)cc3)cc2OC)ccc1OCc1ccccc1. The first-order valence-electron chi connectivity index (χ1n) is 16.0. The number of nitrogens with zero attached hydrogens (tertiary/aromatic N) is 2. The van der Waals surface area contributed by atoms with Crippen molar-refractivity contribution in [2.24, 2.45) is 5.10 Å². The number of carbonyl (C=O) groups is 1. The Morgan fingerprint density at radius 3 is 2.20 bits per heavy atom. The Bertz CT molecular complexity index is 2030. The van der Waals surface area contributed by atoms with E-state index in [2.05, 4.69) is 20.8 Å². The van der Waals surface area contributed by atoms with Crippen molar-refractivity contribution < 1.29 is 23.7 Å². The van der Waals surface area contributed by atoms with Crippen LogP contribution in [0, 0.1) is 0 Å². The molecule has 1 amide bonds. The van der Waals surface area contributed by atoms with Gasteiger partial charge in [0.15, 0.2) is 28.1 Å². The van der Waals surface area contributed by atoms with Crippen LogP contribution in [0.4, 0.5) is 10.8 Å². The molecule has 9 nitrogen and oxygen atoms in total. The molecule has 50 heavy (non-hydrogen) atoms. The summed E-state index contributed by atoms with van der Waals surface area (Å²) in [7, 11) is 1.58. The molecule has 0 spiro atoms. The van der Waals surface area contributed by atoms with E-state index in [9.17, 15) is 4.79 Å². The van der Waals surface area contributed by atoms with Gasteiger partial charge in [-0.25, -0.2) is 10.4 Å². The average Bonchev–Trinajstić information content (AvgIpc) is 3.63. The lowest BCUT2D eigenvalue weighted by molar-refractivity contribution is 0.0955. The summed E-state index contributed by atoms with van der Waals surface area (Å²) in [6.45, 7) is 3.19. The van der Waals surface area contributed by atoms with Gasteiger partial charge in [0.1, 0.15) is 13.2 Å². The van der Waals surface area contributed by atoms with E-state index in [1.165, 1.54) is 11.3 Å². The highest BCUT2D eigenvalue weighted by atomic mass is 32.1. The molecule has 0 aliphatic carbocycles. The largest absolute Gasteiger partial charge is 0.493 e. The van der Waals surface area contributed by atoms with Crippen LogP contribution in [0.5, 0.6) is 23.0 Å². The van der Waals surface area contributed by atoms with Gasteiger partial charge in [-0.3, -0.25) is 4.79 Å². The summed E-state index contributed by atoms with van der Waals surface area (Å²) in [5.74, 6) is 2.11. The third kappa shape index (κ3) is 9.06. The van der Waals surface area contributed by atoms with E-state index in [0.29, 0.717) is 48.4 Å². The fourth-order valence-corrected chi connectivity index (χ4v) is 5.68. The zero-order valence-electron chi connectivity index (χ0n) is 27.7. The average molecular weight is 685 g/mol. The molecule has 0 aliphatic rings. The maximum Gasteiger partial charge on any atom is 0.271 e. The second-order valence-corrected chi connectivity index (χ2v) is 11.9. The minimum Gasteiger partial charge on any atom is -0.493 e. The van der Waals surface area contributed by atoms with Gasteiger partial charge < -0.3 is 24.3 Å². The molecule has 6 rings (SSSR count). The number of amides is 1. The zero-order chi connectivity index (χ0) is 34.5. The minimum atomic E-state index is -0.327. The van der Waals surface area contributed by atoms with E-state index in [1.807, 2.05) is 109 Å². The first-order valence-corrected chi connectivity index (χ1v) is 16.9. The number of methoxy groups -OCH3 is 1. The summed E-state index contributed by atoms with van der Waals surface area (Å²) in [6.07, 6.45) is 1.55. The Kier molecular flexibility index (Phi) is 11.3. The minimum absolute atomic E-state index is 0.298. The number of hydrogen-bond donors (Lipinski definition) is 2. The fraction of sp³-hybridized carbons (Fsp3) is 0.125. The van der Waals surface area contributed by atoms with Crippen molar-refractivity contribution in [2.75, 3.05) is 19.0 Å². The van der Waals surface area contributed by atoms with E-state index in [1.54, 1.807) is 37.6 Å². The highest BCUT2D eigenvalue weighted by Crippen LogP contribution is 2.32. The molecule has 0 saturated heterocycles. The Morgan fingerprint density at radius 2 is 1.46 bits per heavy atom. The molecule has 0 unspecified atom stereocenters. The number of hydrogen-bond acceptors (Lipinski definition) is 9. The molecule has 0 bridgehead atoms. The van der Waals surface area contributed by atoms with Gasteiger partial charge in [0.05, 0.1) is 25.6 Å². The number of nitrogens with one attached hydrogen (secondary N) is 2. The summed E-state index contributed by atoms with van der Waals surface area (Å²) < 4.78 is 23.5. The van der Waals surface area contributed by atoms with Gasteiger partial charge in [0.2, 0.25) is 0 Å². The Balaban J connectivity index is 1.02. The maximum absolute atomic E-state index is 12.8. The molecular weight excluding hydrogens is 649 g/mol. The van der Waals surface area contributed by atoms with Crippen molar-refractivity contribution in [3.05, 3.63) is 149 Å². The first kappa shape index (κ1) is 33.8. The van der Waals surface area contributed by atoms with Crippen molar-refractivity contribution in [3.8, 4) is 34.3 Å². The normalized spacial score (nSPS) is 10.8. The van der Waals surface area contributed by atoms with Crippen LogP contribution in [0.15, 0.2) is 132 Å². The van der Waals surface area contributed by atoms with Crippen molar-refractivity contribution in [2.45, 2.75) is 20.1 Å². The van der Waals surface area contributed by atoms with E-state index in [-0.39, 0.29) is 5.91 Å². The van der Waals surface area contributed by atoms with E-state index < -0.39 is 0 Å². The maximum atomic E-state index is 12.8. The van der Waals surface area contributed by atoms with Crippen molar-refractivity contribution >= 4 is 34.3 Å². The topological polar surface area (TPSA) is 103 Å². The number of ether oxygens (including phenoxy) is 4. The molecule has 252 valence electrons. The zero-order valence-corrected chi connectivity index (χ0v) is 28.5. The Hall–Kier alpha value is -6.13. The van der Waals surface area contributed by atoms with E-state index in [4.69, 9.17) is 18.9 Å². The second kappa shape index (κ2) is 16.8. The molecule has 10 heteroatoms. The molecule has 1 heterocycles. The number of aromatic nitrogens is 1. The van der Waals surface area contributed by atoms with Crippen LogP contribution in [0.25, 0.3) is 11.3 Å². The summed E-state index contributed by atoms with van der Waals surface area (Å²) in [6, 6.07) is 38.3. The van der Waals surface area contributed by atoms with Crippen LogP contribution in [0.2, 0.25) is 0 Å². The van der Waals surface area contributed by atoms with Crippen LogP contribution in [0.3, 0.4) is 0 Å². The van der Waals surface area contributed by atoms with Crippen LogP contribution < -0.4 is 29.7 Å². The molecule has 1 aromatic heterocycles. The second-order valence-electron chi connectivity index (χ2n) is 11.0. The highest BCUT2D eigenvalue weighted by Gasteiger charge is 2.11. The summed E-state index contributed by atoms with van der Waals surface area (Å²) in [5.41, 5.74) is 8.51. The molecule has 0 aliphatic heterocycles. The molecule has 0 fully saturated rings. The number of rotatable bonds is 15. The van der Waals surface area contributed by atoms with Gasteiger partial charge in [-0.15, -0.1) is 11.3 Å². The Morgan fingerprint density at radius 1 is 0.760 bits per heavy atom. The molecule has 6 aromatic rings. The predicted octanol–water partition coefficient (Wildman–Crippen LogP) is 8.88. The number of para-hydroxylation sites is 1. The lowest BCUT2D eigenvalue weighted by atomic mass is 10.1. The molecule has 0 radical (unpaired) electrons. The van der Waals surface area contributed by atoms with Crippen LogP contribution in [-0.2, 0) is 13.2 Å². The fourth-order valence-electron chi connectivity index (χ4n) is 4.94. The van der Waals surface area contributed by atoms with Crippen molar-refractivity contribution in [1.82, 2.24) is 10.4 Å². The van der Waals surface area contributed by atoms with Gasteiger partial charge >= 0.3 is 0 Å².